The molecule has 102 valence electrons. The SMILES string of the molecule is O=C(O)CC1CCN(C(=O)c2ccc(Cl)cc2Cl)C1. The molecule has 1 aromatic carbocycles. The van der Waals surface area contributed by atoms with Gasteiger partial charge in [-0.15, -0.1) is 0 Å². The molecule has 6 heteroatoms. The number of nitrogens with zero attached hydrogens (tertiary/aromatic N) is 1. The number of carboxylic acids is 1. The summed E-state index contributed by atoms with van der Waals surface area (Å²) >= 11 is 11.8. The second kappa shape index (κ2) is 5.80. The van der Waals surface area contributed by atoms with Gasteiger partial charge in [0.05, 0.1) is 10.6 Å². The van der Waals surface area contributed by atoms with Gasteiger partial charge < -0.3 is 10.0 Å². The van der Waals surface area contributed by atoms with Gasteiger partial charge in [0.15, 0.2) is 0 Å². The molecule has 1 saturated heterocycles. The molecule has 1 fully saturated rings. The largest absolute Gasteiger partial charge is 0.481 e. The number of carboxylic acid groups (broad SMARTS) is 1. The Balaban J connectivity index is 2.07. The van der Waals surface area contributed by atoms with Gasteiger partial charge >= 0.3 is 5.97 Å². The van der Waals surface area contributed by atoms with Gasteiger partial charge in [0.2, 0.25) is 0 Å². The fraction of sp³-hybridized carbons (Fsp3) is 0.385. The lowest BCUT2D eigenvalue weighted by Crippen LogP contribution is -2.29. The monoisotopic (exact) mass is 301 g/mol. The van der Waals surface area contributed by atoms with Crippen LogP contribution in [0.1, 0.15) is 23.2 Å². The molecule has 1 amide bonds. The minimum absolute atomic E-state index is 0.0209. The van der Waals surface area contributed by atoms with E-state index >= 15 is 0 Å². The maximum absolute atomic E-state index is 12.3. The number of hydrogen-bond donors (Lipinski definition) is 1. The highest BCUT2D eigenvalue weighted by molar-refractivity contribution is 6.36. The molecule has 1 N–H and O–H groups in total. The van der Waals surface area contributed by atoms with Gasteiger partial charge in [0, 0.05) is 24.5 Å². The predicted octanol–water partition coefficient (Wildman–Crippen LogP) is 2.93. The molecule has 0 bridgehead atoms. The van der Waals surface area contributed by atoms with Crippen molar-refractivity contribution in [2.45, 2.75) is 12.8 Å². The first-order valence-corrected chi connectivity index (χ1v) is 6.69. The fourth-order valence-electron chi connectivity index (χ4n) is 2.26. The zero-order chi connectivity index (χ0) is 14.0. The number of carbonyl (C=O) groups is 2. The third-order valence-corrected chi connectivity index (χ3v) is 3.75. The molecular formula is C13H13Cl2NO3. The number of aliphatic carboxylic acids is 1. The highest BCUT2D eigenvalue weighted by atomic mass is 35.5. The van der Waals surface area contributed by atoms with E-state index in [9.17, 15) is 9.59 Å². The summed E-state index contributed by atoms with van der Waals surface area (Å²) in [5, 5.41) is 9.55. The summed E-state index contributed by atoms with van der Waals surface area (Å²) in [6.45, 7) is 1.03. The lowest BCUT2D eigenvalue weighted by atomic mass is 10.1. The molecule has 1 unspecified atom stereocenters. The van der Waals surface area contributed by atoms with E-state index in [2.05, 4.69) is 0 Å². The Kier molecular flexibility index (Phi) is 4.32. The molecule has 0 radical (unpaired) electrons. The quantitative estimate of drug-likeness (QED) is 0.934. The van der Waals surface area contributed by atoms with E-state index in [1.165, 1.54) is 6.07 Å². The molecular weight excluding hydrogens is 289 g/mol. The molecule has 1 aliphatic heterocycles. The highest BCUT2D eigenvalue weighted by Gasteiger charge is 2.29. The van der Waals surface area contributed by atoms with Crippen molar-refractivity contribution in [2.24, 2.45) is 5.92 Å². The number of likely N-dealkylation sites (tertiary alicyclic amines) is 1. The van der Waals surface area contributed by atoms with Crippen LogP contribution >= 0.6 is 23.2 Å². The van der Waals surface area contributed by atoms with Gasteiger partial charge in [-0.3, -0.25) is 9.59 Å². The number of amides is 1. The van der Waals surface area contributed by atoms with Crippen LogP contribution in [0.15, 0.2) is 18.2 Å². The first-order valence-electron chi connectivity index (χ1n) is 5.93. The average molecular weight is 302 g/mol. The third-order valence-electron chi connectivity index (χ3n) is 3.20. The van der Waals surface area contributed by atoms with Crippen molar-refractivity contribution in [2.75, 3.05) is 13.1 Å². The van der Waals surface area contributed by atoms with Crippen molar-refractivity contribution in [1.82, 2.24) is 4.90 Å². The van der Waals surface area contributed by atoms with Crippen LogP contribution in [-0.2, 0) is 4.79 Å². The van der Waals surface area contributed by atoms with Crippen LogP contribution in [0.25, 0.3) is 0 Å². The van der Waals surface area contributed by atoms with E-state index in [0.717, 1.165) is 0 Å². The first kappa shape index (κ1) is 14.2. The molecule has 0 saturated carbocycles. The van der Waals surface area contributed by atoms with Crippen LogP contribution in [-0.4, -0.2) is 35.0 Å². The Hall–Kier alpha value is -1.26. The lowest BCUT2D eigenvalue weighted by Gasteiger charge is -2.17. The second-order valence-corrected chi connectivity index (χ2v) is 5.47. The molecule has 1 atom stereocenters. The van der Waals surface area contributed by atoms with Crippen LogP contribution in [0.3, 0.4) is 0 Å². The van der Waals surface area contributed by atoms with Crippen LogP contribution in [0.5, 0.6) is 0 Å². The molecule has 1 aliphatic rings. The minimum atomic E-state index is -0.830. The standard InChI is InChI=1S/C13H13Cl2NO3/c14-9-1-2-10(11(15)6-9)13(19)16-4-3-8(7-16)5-12(17)18/h1-2,6,8H,3-5,7H2,(H,17,18). The van der Waals surface area contributed by atoms with Gasteiger partial charge in [-0.2, -0.15) is 0 Å². The summed E-state index contributed by atoms with van der Waals surface area (Å²) in [6.07, 6.45) is 0.807. The maximum Gasteiger partial charge on any atom is 0.303 e. The van der Waals surface area contributed by atoms with Crippen molar-refractivity contribution in [1.29, 1.82) is 0 Å². The van der Waals surface area contributed by atoms with E-state index < -0.39 is 5.97 Å². The van der Waals surface area contributed by atoms with Crippen molar-refractivity contribution in [3.05, 3.63) is 33.8 Å². The summed E-state index contributed by atoms with van der Waals surface area (Å²) in [4.78, 5) is 24.6. The summed E-state index contributed by atoms with van der Waals surface area (Å²) in [5.41, 5.74) is 0.405. The molecule has 4 nitrogen and oxygen atoms in total. The van der Waals surface area contributed by atoms with Crippen LogP contribution in [0.4, 0.5) is 0 Å². The van der Waals surface area contributed by atoms with Gasteiger partial charge in [-0.25, -0.2) is 0 Å². The van der Waals surface area contributed by atoms with E-state index in [1.54, 1.807) is 17.0 Å². The van der Waals surface area contributed by atoms with Crippen LogP contribution < -0.4 is 0 Å². The molecule has 19 heavy (non-hydrogen) atoms. The number of hydrogen-bond acceptors (Lipinski definition) is 2. The smallest absolute Gasteiger partial charge is 0.303 e. The molecule has 0 spiro atoms. The van der Waals surface area contributed by atoms with E-state index in [1.807, 2.05) is 0 Å². The van der Waals surface area contributed by atoms with Crippen molar-refractivity contribution in [3.63, 3.8) is 0 Å². The number of halogens is 2. The lowest BCUT2D eigenvalue weighted by molar-refractivity contribution is -0.138. The van der Waals surface area contributed by atoms with Crippen molar-refractivity contribution in [3.8, 4) is 0 Å². The van der Waals surface area contributed by atoms with Crippen LogP contribution in [0.2, 0.25) is 10.0 Å². The Morgan fingerprint density at radius 3 is 2.74 bits per heavy atom. The molecule has 0 aromatic heterocycles. The molecule has 1 aromatic rings. The number of benzene rings is 1. The maximum atomic E-state index is 12.3. The summed E-state index contributed by atoms with van der Waals surface area (Å²) in [7, 11) is 0. The second-order valence-electron chi connectivity index (χ2n) is 4.63. The zero-order valence-corrected chi connectivity index (χ0v) is 11.6. The zero-order valence-electron chi connectivity index (χ0n) is 10.1. The summed E-state index contributed by atoms with van der Waals surface area (Å²) < 4.78 is 0. The Morgan fingerprint density at radius 1 is 1.37 bits per heavy atom. The summed E-state index contributed by atoms with van der Waals surface area (Å²) in [6, 6.07) is 4.74. The fourth-order valence-corrected chi connectivity index (χ4v) is 2.75. The number of rotatable bonds is 3. The van der Waals surface area contributed by atoms with Gasteiger partial charge in [0.1, 0.15) is 0 Å². The molecule has 2 rings (SSSR count). The summed E-state index contributed by atoms with van der Waals surface area (Å²) in [5.74, 6) is -0.981. The molecule has 0 aliphatic carbocycles. The Bertz CT molecular complexity index is 519. The normalized spacial score (nSPS) is 18.6. The topological polar surface area (TPSA) is 57.6 Å². The molecule has 1 heterocycles. The van der Waals surface area contributed by atoms with Gasteiger partial charge in [-0.05, 0) is 30.5 Å². The van der Waals surface area contributed by atoms with Crippen molar-refractivity contribution < 1.29 is 14.7 Å². The third kappa shape index (κ3) is 3.39. The Morgan fingerprint density at radius 2 is 2.11 bits per heavy atom. The average Bonchev–Trinajstić information content (AvgIpc) is 2.75. The predicted molar refractivity (Wildman–Crippen MR) is 72.7 cm³/mol. The Labute approximate surface area is 120 Å². The first-order chi connectivity index (χ1) is 8.97. The highest BCUT2D eigenvalue weighted by Crippen LogP contribution is 2.26. The number of carbonyl (C=O) groups excluding carboxylic acids is 1. The van der Waals surface area contributed by atoms with Gasteiger partial charge in [0.25, 0.3) is 5.91 Å². The van der Waals surface area contributed by atoms with E-state index in [-0.39, 0.29) is 18.2 Å². The van der Waals surface area contributed by atoms with E-state index in [4.69, 9.17) is 28.3 Å². The van der Waals surface area contributed by atoms with Gasteiger partial charge in [-0.1, -0.05) is 23.2 Å². The minimum Gasteiger partial charge on any atom is -0.481 e. The van der Waals surface area contributed by atoms with Crippen molar-refractivity contribution >= 4 is 35.1 Å². The van der Waals surface area contributed by atoms with Crippen LogP contribution in [0, 0.1) is 5.92 Å². The van der Waals surface area contributed by atoms with E-state index in [0.29, 0.717) is 35.1 Å².